The van der Waals surface area contributed by atoms with E-state index in [0.29, 0.717) is 12.0 Å². The lowest BCUT2D eigenvalue weighted by atomic mass is 10.1. The summed E-state index contributed by atoms with van der Waals surface area (Å²) in [5.74, 6) is -2.70. The van der Waals surface area contributed by atoms with E-state index in [-0.39, 0.29) is 59.0 Å². The molecule has 45 heavy (non-hydrogen) atoms. The van der Waals surface area contributed by atoms with Gasteiger partial charge in [-0.3, -0.25) is 4.79 Å². The minimum atomic E-state index is -3.96. The molecule has 1 N–H and O–H groups in total. The third-order valence-corrected chi connectivity index (χ3v) is 10.2. The van der Waals surface area contributed by atoms with E-state index < -0.39 is 49.4 Å². The molecule has 3 heterocycles. The van der Waals surface area contributed by atoms with Crippen LogP contribution in [-0.4, -0.2) is 69.8 Å². The fourth-order valence-electron chi connectivity index (χ4n) is 5.64. The number of aromatic nitrogens is 3. The number of carbonyl (C=O) groups excluding carboxylic acids is 1. The molecule has 0 aliphatic carbocycles. The third kappa shape index (κ3) is 5.45. The van der Waals surface area contributed by atoms with E-state index in [9.17, 15) is 23.1 Å². The summed E-state index contributed by atoms with van der Waals surface area (Å²) >= 11 is 0. The van der Waals surface area contributed by atoms with Crippen molar-refractivity contribution in [2.45, 2.75) is 50.3 Å². The predicted molar refractivity (Wildman–Crippen MR) is 167 cm³/mol. The zero-order chi connectivity index (χ0) is 32.8. The largest absolute Gasteiger partial charge is 0.507 e. The van der Waals surface area contributed by atoms with Crippen LogP contribution in [0.5, 0.6) is 5.75 Å². The van der Waals surface area contributed by atoms with Crippen LogP contribution >= 0.6 is 0 Å². The van der Waals surface area contributed by atoms with Gasteiger partial charge in [0.2, 0.25) is 5.91 Å². The summed E-state index contributed by atoms with van der Waals surface area (Å²) in [5, 5.41) is 9.72. The Hall–Kier alpha value is -4.65. The molecule has 4 aromatic rings. The molecule has 236 valence electrons. The lowest BCUT2D eigenvalue weighted by Gasteiger charge is -2.40. The first kappa shape index (κ1) is 31.8. The number of amides is 1. The highest BCUT2D eigenvalue weighted by atomic mass is 32.2. The minimum Gasteiger partial charge on any atom is -0.507 e. The Balaban J connectivity index is 1.89. The summed E-state index contributed by atoms with van der Waals surface area (Å²) in [6.45, 7) is 11.0. The van der Waals surface area contributed by atoms with Crippen molar-refractivity contribution in [3.05, 3.63) is 82.8 Å². The average molecular weight is 638 g/mol. The molecular formula is C32H33F2N5O5S. The van der Waals surface area contributed by atoms with E-state index in [0.717, 1.165) is 16.7 Å². The van der Waals surface area contributed by atoms with Crippen molar-refractivity contribution in [2.75, 3.05) is 24.5 Å². The monoisotopic (exact) mass is 637 g/mol. The zero-order valence-corrected chi connectivity index (χ0v) is 26.1. The van der Waals surface area contributed by atoms with Crippen LogP contribution in [-0.2, 0) is 21.1 Å². The van der Waals surface area contributed by atoms with Gasteiger partial charge in [0.1, 0.15) is 23.1 Å². The molecule has 1 amide bonds. The van der Waals surface area contributed by atoms with E-state index >= 15 is 8.78 Å². The summed E-state index contributed by atoms with van der Waals surface area (Å²) in [7, 11) is -3.96. The van der Waals surface area contributed by atoms with Crippen molar-refractivity contribution in [3.8, 4) is 22.7 Å². The number of hydrogen-bond acceptors (Lipinski definition) is 8. The van der Waals surface area contributed by atoms with Gasteiger partial charge in [-0.25, -0.2) is 31.5 Å². The highest BCUT2D eigenvalue weighted by Gasteiger charge is 2.32. The number of aryl methyl sites for hydroxylation is 1. The van der Waals surface area contributed by atoms with Gasteiger partial charge < -0.3 is 14.9 Å². The number of para-hydroxylation sites is 1. The second-order valence-corrected chi connectivity index (χ2v) is 13.6. The number of rotatable bonds is 7. The number of hydrogen-bond donors (Lipinski definition) is 1. The molecule has 1 aliphatic heterocycles. The molecule has 1 aliphatic rings. The molecule has 2 aromatic heterocycles. The molecule has 0 spiro atoms. The molecule has 10 nitrogen and oxygen atoms in total. The van der Waals surface area contributed by atoms with Gasteiger partial charge in [-0.15, -0.1) is 0 Å². The van der Waals surface area contributed by atoms with Crippen molar-refractivity contribution in [1.29, 1.82) is 0 Å². The average Bonchev–Trinajstić information content (AvgIpc) is 3.00. The molecular weight excluding hydrogens is 604 g/mol. The molecule has 1 fully saturated rings. The number of piperazine rings is 1. The standard InChI is InChI=1S/C32H33F2N5O5S/c1-6-20-10-8-13-25(45(43,44)18(3)4)29(20)39-31-21(16-23(34)28(35-31)27-22(33)11-9-12-24(27)40)30(36-32(39)42)38-15-14-37(17-19(38)5)26(41)7-2/h7-13,16,18-19,40H,2,6,14-15,17H2,1,3-5H3/t19-/m0/s1. The van der Waals surface area contributed by atoms with Crippen LogP contribution in [0.2, 0.25) is 0 Å². The number of halogens is 2. The smallest absolute Gasteiger partial charge is 0.355 e. The normalized spacial score (nSPS) is 15.6. The lowest BCUT2D eigenvalue weighted by Crippen LogP contribution is -2.54. The topological polar surface area (TPSA) is 126 Å². The van der Waals surface area contributed by atoms with Crippen LogP contribution in [0.4, 0.5) is 14.6 Å². The Morgan fingerprint density at radius 1 is 1.13 bits per heavy atom. The van der Waals surface area contributed by atoms with Gasteiger partial charge in [0.15, 0.2) is 21.3 Å². The molecule has 0 radical (unpaired) electrons. The van der Waals surface area contributed by atoms with E-state index in [1.165, 1.54) is 38.1 Å². The Morgan fingerprint density at radius 3 is 2.47 bits per heavy atom. The maximum atomic E-state index is 15.9. The van der Waals surface area contributed by atoms with E-state index in [2.05, 4.69) is 16.5 Å². The van der Waals surface area contributed by atoms with Gasteiger partial charge in [-0.05, 0) is 63.1 Å². The SMILES string of the molecule is C=CC(=O)N1CCN(c2nc(=O)n(-c3c(CC)cccc3S(=O)(=O)C(C)C)c3nc(-c4c(O)cccc4F)c(F)cc23)[C@@H](C)C1. The first-order valence-corrected chi connectivity index (χ1v) is 16.0. The highest BCUT2D eigenvalue weighted by Crippen LogP contribution is 2.37. The summed E-state index contributed by atoms with van der Waals surface area (Å²) < 4.78 is 59.2. The molecule has 5 rings (SSSR count). The van der Waals surface area contributed by atoms with Crippen LogP contribution in [0, 0.1) is 11.6 Å². The van der Waals surface area contributed by atoms with Gasteiger partial charge in [0.05, 0.1) is 26.8 Å². The molecule has 0 unspecified atom stereocenters. The summed E-state index contributed by atoms with van der Waals surface area (Å²) in [6, 6.07) is 8.80. The van der Waals surface area contributed by atoms with E-state index in [1.54, 1.807) is 28.9 Å². The van der Waals surface area contributed by atoms with Crippen LogP contribution in [0.3, 0.4) is 0 Å². The Kier molecular flexibility index (Phi) is 8.49. The van der Waals surface area contributed by atoms with Crippen LogP contribution in [0.1, 0.15) is 33.3 Å². The second kappa shape index (κ2) is 12.0. The quantitative estimate of drug-likeness (QED) is 0.296. The third-order valence-electron chi connectivity index (χ3n) is 8.03. The lowest BCUT2D eigenvalue weighted by molar-refractivity contribution is -0.126. The van der Waals surface area contributed by atoms with Gasteiger partial charge in [-0.2, -0.15) is 4.98 Å². The summed E-state index contributed by atoms with van der Waals surface area (Å²) in [4.78, 5) is 38.4. The second-order valence-electron chi connectivity index (χ2n) is 11.1. The van der Waals surface area contributed by atoms with Crippen molar-refractivity contribution in [2.24, 2.45) is 0 Å². The Bertz CT molecular complexity index is 1990. The number of phenolic OH excluding ortho intramolecular Hbond substituents is 1. The fourth-order valence-corrected chi connectivity index (χ4v) is 6.91. The van der Waals surface area contributed by atoms with E-state index in [1.807, 2.05) is 6.92 Å². The molecule has 13 heteroatoms. The number of carbonyl (C=O) groups is 1. The molecule has 0 bridgehead atoms. The Labute approximate surface area is 259 Å². The zero-order valence-electron chi connectivity index (χ0n) is 25.3. The van der Waals surface area contributed by atoms with Crippen LogP contribution < -0.4 is 10.6 Å². The van der Waals surface area contributed by atoms with Crippen molar-refractivity contribution >= 4 is 32.6 Å². The number of anilines is 1. The van der Waals surface area contributed by atoms with Gasteiger partial charge >= 0.3 is 5.69 Å². The minimum absolute atomic E-state index is 0.0139. The van der Waals surface area contributed by atoms with Crippen molar-refractivity contribution < 1.29 is 27.1 Å². The van der Waals surface area contributed by atoms with Crippen LogP contribution in [0.15, 0.2) is 64.8 Å². The van der Waals surface area contributed by atoms with Gasteiger partial charge in [0.25, 0.3) is 0 Å². The van der Waals surface area contributed by atoms with Crippen LogP contribution in [0.25, 0.3) is 28.0 Å². The first-order valence-electron chi connectivity index (χ1n) is 14.5. The molecule has 1 atom stereocenters. The molecule has 1 saturated heterocycles. The maximum Gasteiger partial charge on any atom is 0.355 e. The number of benzene rings is 2. The number of pyridine rings is 1. The number of aromatic hydroxyl groups is 1. The van der Waals surface area contributed by atoms with E-state index in [4.69, 9.17) is 0 Å². The van der Waals surface area contributed by atoms with Gasteiger partial charge in [-0.1, -0.05) is 31.7 Å². The molecule has 2 aromatic carbocycles. The van der Waals surface area contributed by atoms with Gasteiger partial charge in [0, 0.05) is 25.7 Å². The molecule has 0 saturated carbocycles. The maximum absolute atomic E-state index is 15.9. The fraction of sp³-hybridized carbons (Fsp3) is 0.312. The Morgan fingerprint density at radius 2 is 1.84 bits per heavy atom. The first-order chi connectivity index (χ1) is 21.3. The number of fused-ring (bicyclic) bond motifs is 1. The number of nitrogens with zero attached hydrogens (tertiary/aromatic N) is 5. The highest BCUT2D eigenvalue weighted by molar-refractivity contribution is 7.92. The summed E-state index contributed by atoms with van der Waals surface area (Å²) in [6.07, 6.45) is 1.54. The van der Waals surface area contributed by atoms with Crippen molar-refractivity contribution in [1.82, 2.24) is 19.4 Å². The summed E-state index contributed by atoms with van der Waals surface area (Å²) in [5.41, 5.74) is -1.65. The van der Waals surface area contributed by atoms with Crippen molar-refractivity contribution in [3.63, 3.8) is 0 Å². The number of phenols is 1. The predicted octanol–water partition coefficient (Wildman–Crippen LogP) is 4.40. The number of sulfone groups is 1.